The molecule has 0 spiro atoms. The number of para-hydroxylation sites is 1. The molecule has 82 valence electrons. The fraction of sp³-hybridized carbons (Fsp3) is 0.357. The molecular weight excluding hydrogens is 198 g/mol. The van der Waals surface area contributed by atoms with Crippen LogP contribution in [0, 0.1) is 0 Å². The Morgan fingerprint density at radius 3 is 3.00 bits per heavy atom. The van der Waals surface area contributed by atoms with Gasteiger partial charge in [-0.2, -0.15) is 0 Å². The van der Waals surface area contributed by atoms with Crippen LogP contribution >= 0.6 is 0 Å². The van der Waals surface area contributed by atoms with Gasteiger partial charge in [-0.05, 0) is 24.8 Å². The standard InChI is InChI=1S/C14H15NO/c1-2-9-5-3-6-10-13-11(15-14(9)10)7-4-8-12(13)16/h3,5-6,15H,2,4,7-8H2,1H3. The summed E-state index contributed by atoms with van der Waals surface area (Å²) in [5.41, 5.74) is 4.58. The predicted molar refractivity (Wildman–Crippen MR) is 64.9 cm³/mol. The number of carbonyl (C=O) groups is 1. The van der Waals surface area contributed by atoms with Gasteiger partial charge in [-0.1, -0.05) is 25.1 Å². The van der Waals surface area contributed by atoms with Crippen LogP contribution in [0.15, 0.2) is 18.2 Å². The topological polar surface area (TPSA) is 32.9 Å². The molecule has 1 aliphatic rings. The molecule has 1 aliphatic carbocycles. The minimum atomic E-state index is 0.306. The van der Waals surface area contributed by atoms with Crippen molar-refractivity contribution in [3.8, 4) is 0 Å². The first-order valence-corrected chi connectivity index (χ1v) is 5.97. The molecule has 0 bridgehead atoms. The lowest BCUT2D eigenvalue weighted by Crippen LogP contribution is -2.08. The van der Waals surface area contributed by atoms with E-state index in [1.54, 1.807) is 0 Å². The van der Waals surface area contributed by atoms with E-state index < -0.39 is 0 Å². The normalized spacial score (nSPS) is 15.4. The first-order chi connectivity index (χ1) is 7.81. The van der Waals surface area contributed by atoms with E-state index in [4.69, 9.17) is 0 Å². The molecule has 0 unspecified atom stereocenters. The zero-order valence-electron chi connectivity index (χ0n) is 9.47. The van der Waals surface area contributed by atoms with E-state index in [2.05, 4.69) is 30.1 Å². The number of ketones is 1. The van der Waals surface area contributed by atoms with Gasteiger partial charge in [0.25, 0.3) is 0 Å². The van der Waals surface area contributed by atoms with Crippen molar-refractivity contribution in [2.75, 3.05) is 0 Å². The lowest BCUT2D eigenvalue weighted by atomic mass is 9.94. The van der Waals surface area contributed by atoms with Crippen molar-refractivity contribution < 1.29 is 4.79 Å². The molecule has 0 fully saturated rings. The minimum absolute atomic E-state index is 0.306. The Hall–Kier alpha value is -1.57. The van der Waals surface area contributed by atoms with Gasteiger partial charge in [-0.3, -0.25) is 4.79 Å². The van der Waals surface area contributed by atoms with Crippen LogP contribution in [0.25, 0.3) is 10.9 Å². The molecule has 2 nitrogen and oxygen atoms in total. The van der Waals surface area contributed by atoms with Crippen LogP contribution in [0.2, 0.25) is 0 Å². The van der Waals surface area contributed by atoms with Gasteiger partial charge >= 0.3 is 0 Å². The second kappa shape index (κ2) is 3.48. The van der Waals surface area contributed by atoms with Gasteiger partial charge < -0.3 is 4.98 Å². The molecule has 3 rings (SSSR count). The van der Waals surface area contributed by atoms with E-state index in [1.807, 2.05) is 0 Å². The molecule has 2 aromatic rings. The maximum Gasteiger partial charge on any atom is 0.165 e. The Labute approximate surface area is 94.7 Å². The number of aryl methyl sites for hydroxylation is 2. The van der Waals surface area contributed by atoms with Gasteiger partial charge in [-0.15, -0.1) is 0 Å². The fourth-order valence-corrected chi connectivity index (χ4v) is 2.68. The van der Waals surface area contributed by atoms with E-state index in [1.165, 1.54) is 11.1 Å². The largest absolute Gasteiger partial charge is 0.358 e. The van der Waals surface area contributed by atoms with Gasteiger partial charge in [0.1, 0.15) is 0 Å². The summed E-state index contributed by atoms with van der Waals surface area (Å²) in [5, 5.41) is 1.12. The molecule has 0 saturated heterocycles. The Kier molecular flexibility index (Phi) is 2.10. The molecular formula is C14H15NO. The number of hydrogen-bond acceptors (Lipinski definition) is 1. The number of hydrogen-bond donors (Lipinski definition) is 1. The molecule has 16 heavy (non-hydrogen) atoms. The molecule has 1 N–H and O–H groups in total. The summed E-state index contributed by atoms with van der Waals surface area (Å²) < 4.78 is 0. The number of aromatic amines is 1. The highest BCUT2D eigenvalue weighted by Gasteiger charge is 2.22. The lowest BCUT2D eigenvalue weighted by molar-refractivity contribution is 0.0974. The van der Waals surface area contributed by atoms with E-state index in [0.29, 0.717) is 12.2 Å². The molecule has 0 atom stereocenters. The molecule has 0 radical (unpaired) electrons. The molecule has 1 heterocycles. The third-order valence-electron chi connectivity index (χ3n) is 3.49. The Bertz CT molecular complexity index is 565. The number of fused-ring (bicyclic) bond motifs is 3. The lowest BCUT2D eigenvalue weighted by Gasteiger charge is -2.09. The first kappa shape index (κ1) is 9.64. The Balaban J connectivity index is 2.36. The van der Waals surface area contributed by atoms with Crippen molar-refractivity contribution in [3.05, 3.63) is 35.0 Å². The van der Waals surface area contributed by atoms with Crippen molar-refractivity contribution in [2.45, 2.75) is 32.6 Å². The summed E-state index contributed by atoms with van der Waals surface area (Å²) in [6.45, 7) is 2.15. The maximum absolute atomic E-state index is 11.9. The third kappa shape index (κ3) is 1.22. The third-order valence-corrected chi connectivity index (χ3v) is 3.49. The molecule has 1 aromatic heterocycles. The zero-order valence-corrected chi connectivity index (χ0v) is 9.47. The summed E-state index contributed by atoms with van der Waals surface area (Å²) in [5.74, 6) is 0.306. The average molecular weight is 213 g/mol. The monoisotopic (exact) mass is 213 g/mol. The van der Waals surface area contributed by atoms with Crippen molar-refractivity contribution in [3.63, 3.8) is 0 Å². The fourth-order valence-electron chi connectivity index (χ4n) is 2.68. The average Bonchev–Trinajstić information content (AvgIpc) is 2.68. The molecule has 0 aliphatic heterocycles. The van der Waals surface area contributed by atoms with Gasteiger partial charge in [0.05, 0.1) is 0 Å². The summed E-state index contributed by atoms with van der Waals surface area (Å²) in [6, 6.07) is 6.25. The van der Waals surface area contributed by atoms with E-state index in [-0.39, 0.29) is 0 Å². The summed E-state index contributed by atoms with van der Waals surface area (Å²) in [6.07, 6.45) is 3.71. The molecule has 0 amide bonds. The van der Waals surface area contributed by atoms with Crippen molar-refractivity contribution in [2.24, 2.45) is 0 Å². The zero-order chi connectivity index (χ0) is 11.1. The number of Topliss-reactive ketones (excluding diaryl/α,β-unsaturated/α-hetero) is 1. The van der Waals surface area contributed by atoms with Gasteiger partial charge in [0.2, 0.25) is 0 Å². The highest BCUT2D eigenvalue weighted by Crippen LogP contribution is 2.30. The predicted octanol–water partition coefficient (Wildman–Crippen LogP) is 3.25. The number of nitrogens with one attached hydrogen (secondary N) is 1. The van der Waals surface area contributed by atoms with Crippen molar-refractivity contribution in [1.29, 1.82) is 0 Å². The second-order valence-corrected chi connectivity index (χ2v) is 4.45. The van der Waals surface area contributed by atoms with Crippen LogP contribution in [0.3, 0.4) is 0 Å². The quantitative estimate of drug-likeness (QED) is 0.775. The van der Waals surface area contributed by atoms with Crippen LogP contribution < -0.4 is 0 Å². The molecule has 2 heteroatoms. The van der Waals surface area contributed by atoms with Gasteiger partial charge in [-0.25, -0.2) is 0 Å². The number of rotatable bonds is 1. The highest BCUT2D eigenvalue weighted by molar-refractivity contribution is 6.10. The summed E-state index contributed by atoms with van der Waals surface area (Å²) >= 11 is 0. The number of benzene rings is 1. The smallest absolute Gasteiger partial charge is 0.165 e. The number of aromatic nitrogens is 1. The van der Waals surface area contributed by atoms with E-state index in [0.717, 1.165) is 35.9 Å². The van der Waals surface area contributed by atoms with Gasteiger partial charge in [0.15, 0.2) is 5.78 Å². The van der Waals surface area contributed by atoms with E-state index in [9.17, 15) is 4.79 Å². The Morgan fingerprint density at radius 2 is 2.19 bits per heavy atom. The SMILES string of the molecule is CCc1cccc2c3c([nH]c12)CCCC3=O. The number of H-pyrrole nitrogens is 1. The summed E-state index contributed by atoms with van der Waals surface area (Å²) in [4.78, 5) is 15.4. The molecule has 0 saturated carbocycles. The maximum atomic E-state index is 11.9. The summed E-state index contributed by atoms with van der Waals surface area (Å²) in [7, 11) is 0. The van der Waals surface area contributed by atoms with Crippen LogP contribution in [0.5, 0.6) is 0 Å². The first-order valence-electron chi connectivity index (χ1n) is 5.97. The van der Waals surface area contributed by atoms with Gasteiger partial charge in [0, 0.05) is 28.6 Å². The van der Waals surface area contributed by atoms with Crippen LogP contribution in [0.1, 0.15) is 41.4 Å². The van der Waals surface area contributed by atoms with Crippen molar-refractivity contribution >= 4 is 16.7 Å². The van der Waals surface area contributed by atoms with Crippen LogP contribution in [-0.4, -0.2) is 10.8 Å². The highest BCUT2D eigenvalue weighted by atomic mass is 16.1. The van der Waals surface area contributed by atoms with Crippen LogP contribution in [-0.2, 0) is 12.8 Å². The Morgan fingerprint density at radius 1 is 1.31 bits per heavy atom. The second-order valence-electron chi connectivity index (χ2n) is 4.45. The van der Waals surface area contributed by atoms with Crippen LogP contribution in [0.4, 0.5) is 0 Å². The molecule has 1 aromatic carbocycles. The minimum Gasteiger partial charge on any atom is -0.358 e. The van der Waals surface area contributed by atoms with Crippen molar-refractivity contribution in [1.82, 2.24) is 4.98 Å². The number of carbonyl (C=O) groups excluding carboxylic acids is 1. The van der Waals surface area contributed by atoms with E-state index >= 15 is 0 Å².